The Bertz CT molecular complexity index is 514. The third-order valence-corrected chi connectivity index (χ3v) is 1.77. The maximum atomic E-state index is 10.6. The van der Waals surface area contributed by atoms with Gasteiger partial charge >= 0.3 is 12.0 Å². The first-order valence-corrected chi connectivity index (χ1v) is 4.17. The predicted molar refractivity (Wildman–Crippen MR) is 47.9 cm³/mol. The largest absolute Gasteiger partial charge is 0.476 e. The number of aryl methyl sites for hydroxylation is 2. The van der Waals surface area contributed by atoms with Gasteiger partial charge in [-0.2, -0.15) is 9.67 Å². The third-order valence-electron chi connectivity index (χ3n) is 1.77. The van der Waals surface area contributed by atoms with Gasteiger partial charge in [0, 0.05) is 0 Å². The fourth-order valence-corrected chi connectivity index (χ4v) is 1.16. The molecule has 2 rings (SSSR count). The van der Waals surface area contributed by atoms with Crippen LogP contribution >= 0.6 is 0 Å². The highest BCUT2D eigenvalue weighted by Gasteiger charge is 2.14. The minimum Gasteiger partial charge on any atom is -0.476 e. The summed E-state index contributed by atoms with van der Waals surface area (Å²) >= 11 is 0. The molecule has 0 unspecified atom stereocenters. The fraction of sp³-hybridized carbons (Fsp3) is 0.250. The molecule has 7 nitrogen and oxygen atoms in total. The van der Waals surface area contributed by atoms with Crippen molar-refractivity contribution in [2.24, 2.45) is 0 Å². The minimum absolute atomic E-state index is 0.102. The standard InChI is InChI=1S/C8H8N4O3/c1-4-9-5(2)12(11-4)8-10-6(3-15-8)7(13)14/h3H,1-2H3,(H,13,14). The SMILES string of the molecule is Cc1nc(C)n(-c2nc(C(=O)O)co2)n1. The summed E-state index contributed by atoms with van der Waals surface area (Å²) in [6.45, 7) is 3.45. The maximum Gasteiger partial charge on any atom is 0.357 e. The Balaban J connectivity index is 2.45. The van der Waals surface area contributed by atoms with Crippen molar-refractivity contribution < 1.29 is 14.3 Å². The molecule has 0 saturated carbocycles. The Morgan fingerprint density at radius 1 is 1.47 bits per heavy atom. The number of hydrogen-bond acceptors (Lipinski definition) is 5. The van der Waals surface area contributed by atoms with Gasteiger partial charge in [-0.05, 0) is 13.8 Å². The third kappa shape index (κ3) is 1.58. The first-order valence-electron chi connectivity index (χ1n) is 4.17. The second kappa shape index (κ2) is 3.19. The molecule has 0 aromatic carbocycles. The molecule has 7 heteroatoms. The van der Waals surface area contributed by atoms with E-state index in [2.05, 4.69) is 15.1 Å². The molecule has 2 heterocycles. The van der Waals surface area contributed by atoms with Crippen LogP contribution in [0.25, 0.3) is 6.01 Å². The van der Waals surface area contributed by atoms with E-state index >= 15 is 0 Å². The van der Waals surface area contributed by atoms with Crippen molar-refractivity contribution in [1.29, 1.82) is 0 Å². The van der Waals surface area contributed by atoms with Crippen LogP contribution in [0.2, 0.25) is 0 Å². The van der Waals surface area contributed by atoms with E-state index in [0.717, 1.165) is 6.26 Å². The molecule has 78 valence electrons. The molecule has 0 aliphatic carbocycles. The van der Waals surface area contributed by atoms with Gasteiger partial charge in [-0.3, -0.25) is 0 Å². The predicted octanol–water partition coefficient (Wildman–Crippen LogP) is 0.570. The van der Waals surface area contributed by atoms with Crippen LogP contribution in [-0.2, 0) is 0 Å². The van der Waals surface area contributed by atoms with Crippen LogP contribution in [0.5, 0.6) is 0 Å². The second-order valence-electron chi connectivity index (χ2n) is 2.94. The molecule has 0 radical (unpaired) electrons. The molecule has 0 atom stereocenters. The molecular weight excluding hydrogens is 200 g/mol. The van der Waals surface area contributed by atoms with Crippen LogP contribution in [0.1, 0.15) is 22.1 Å². The van der Waals surface area contributed by atoms with Crippen molar-refractivity contribution in [2.75, 3.05) is 0 Å². The molecule has 2 aromatic heterocycles. The first kappa shape index (κ1) is 9.38. The highest BCUT2D eigenvalue weighted by atomic mass is 16.4. The highest BCUT2D eigenvalue weighted by molar-refractivity contribution is 5.84. The highest BCUT2D eigenvalue weighted by Crippen LogP contribution is 2.09. The van der Waals surface area contributed by atoms with Crippen LogP contribution in [0.15, 0.2) is 10.7 Å². The fourth-order valence-electron chi connectivity index (χ4n) is 1.16. The lowest BCUT2D eigenvalue weighted by atomic mass is 10.5. The summed E-state index contributed by atoms with van der Waals surface area (Å²) in [4.78, 5) is 18.4. The van der Waals surface area contributed by atoms with Gasteiger partial charge in [0.05, 0.1) is 0 Å². The molecule has 0 spiro atoms. The number of carboxylic acids is 1. The summed E-state index contributed by atoms with van der Waals surface area (Å²) in [5.74, 6) is 0.0216. The lowest BCUT2D eigenvalue weighted by Crippen LogP contribution is -2.02. The van der Waals surface area contributed by atoms with E-state index in [1.807, 2.05) is 0 Å². The van der Waals surface area contributed by atoms with E-state index in [9.17, 15) is 4.79 Å². The van der Waals surface area contributed by atoms with E-state index in [0.29, 0.717) is 11.6 Å². The summed E-state index contributed by atoms with van der Waals surface area (Å²) in [5, 5.41) is 12.7. The van der Waals surface area contributed by atoms with Gasteiger partial charge in [-0.15, -0.1) is 5.10 Å². The Morgan fingerprint density at radius 3 is 2.67 bits per heavy atom. The first-order chi connectivity index (χ1) is 7.08. The monoisotopic (exact) mass is 208 g/mol. The van der Waals surface area contributed by atoms with Crippen LogP contribution in [0.4, 0.5) is 0 Å². The Labute approximate surface area is 84.4 Å². The van der Waals surface area contributed by atoms with E-state index in [1.54, 1.807) is 13.8 Å². The van der Waals surface area contributed by atoms with E-state index in [-0.39, 0.29) is 11.7 Å². The Kier molecular flexibility index (Phi) is 2.00. The smallest absolute Gasteiger partial charge is 0.357 e. The van der Waals surface area contributed by atoms with Crippen LogP contribution < -0.4 is 0 Å². The number of nitrogens with zero attached hydrogens (tertiary/aromatic N) is 4. The van der Waals surface area contributed by atoms with Gasteiger partial charge in [0.15, 0.2) is 5.69 Å². The van der Waals surface area contributed by atoms with Crippen molar-refractivity contribution in [1.82, 2.24) is 19.7 Å². The Hall–Kier alpha value is -2.18. The van der Waals surface area contributed by atoms with Crippen molar-refractivity contribution in [3.63, 3.8) is 0 Å². The van der Waals surface area contributed by atoms with Gasteiger partial charge in [0.1, 0.15) is 17.9 Å². The molecule has 15 heavy (non-hydrogen) atoms. The van der Waals surface area contributed by atoms with E-state index < -0.39 is 5.97 Å². The number of oxazole rings is 1. The van der Waals surface area contributed by atoms with Crippen molar-refractivity contribution >= 4 is 5.97 Å². The van der Waals surface area contributed by atoms with Crippen LogP contribution in [0, 0.1) is 13.8 Å². The van der Waals surface area contributed by atoms with Crippen molar-refractivity contribution in [3.05, 3.63) is 23.6 Å². The number of hydrogen-bond donors (Lipinski definition) is 1. The molecule has 0 aliphatic rings. The molecule has 1 N–H and O–H groups in total. The van der Waals surface area contributed by atoms with Gasteiger partial charge in [0.25, 0.3) is 0 Å². The molecule has 2 aromatic rings. The van der Waals surface area contributed by atoms with Crippen molar-refractivity contribution in [3.8, 4) is 6.01 Å². The van der Waals surface area contributed by atoms with Gasteiger partial charge in [-0.25, -0.2) is 9.78 Å². The minimum atomic E-state index is -1.14. The second-order valence-corrected chi connectivity index (χ2v) is 2.94. The average Bonchev–Trinajstić information content (AvgIpc) is 2.71. The summed E-state index contributed by atoms with van der Waals surface area (Å²) in [6.07, 6.45) is 1.06. The summed E-state index contributed by atoms with van der Waals surface area (Å²) in [6, 6.07) is 0.102. The topological polar surface area (TPSA) is 94.0 Å². The zero-order valence-corrected chi connectivity index (χ0v) is 8.13. The average molecular weight is 208 g/mol. The lowest BCUT2D eigenvalue weighted by Gasteiger charge is -1.93. The molecule has 0 saturated heterocycles. The van der Waals surface area contributed by atoms with Crippen LogP contribution in [0.3, 0.4) is 0 Å². The van der Waals surface area contributed by atoms with E-state index in [4.69, 9.17) is 9.52 Å². The van der Waals surface area contributed by atoms with Crippen molar-refractivity contribution in [2.45, 2.75) is 13.8 Å². The number of aromatic carboxylic acids is 1. The number of rotatable bonds is 2. The van der Waals surface area contributed by atoms with Gasteiger partial charge in [-0.1, -0.05) is 0 Å². The molecule has 0 aliphatic heterocycles. The normalized spacial score (nSPS) is 10.5. The number of carbonyl (C=O) groups is 1. The molecule has 0 fully saturated rings. The molecule has 0 bridgehead atoms. The number of aromatic nitrogens is 4. The molecule has 0 amide bonds. The van der Waals surface area contributed by atoms with E-state index in [1.165, 1.54) is 4.68 Å². The van der Waals surface area contributed by atoms with Crippen LogP contribution in [-0.4, -0.2) is 30.8 Å². The zero-order valence-electron chi connectivity index (χ0n) is 8.13. The lowest BCUT2D eigenvalue weighted by molar-refractivity contribution is 0.0690. The quantitative estimate of drug-likeness (QED) is 0.775. The van der Waals surface area contributed by atoms with Gasteiger partial charge in [0.2, 0.25) is 0 Å². The maximum absolute atomic E-state index is 10.6. The summed E-state index contributed by atoms with van der Waals surface area (Å²) in [5.41, 5.74) is -0.155. The van der Waals surface area contributed by atoms with Gasteiger partial charge < -0.3 is 9.52 Å². The molecular formula is C8H8N4O3. The Morgan fingerprint density at radius 2 is 2.20 bits per heavy atom. The number of carboxylic acid groups (broad SMARTS) is 1. The summed E-state index contributed by atoms with van der Waals surface area (Å²) < 4.78 is 6.32. The zero-order chi connectivity index (χ0) is 11.0. The summed E-state index contributed by atoms with van der Waals surface area (Å²) in [7, 11) is 0.